The number of nitrogens with one attached hydrogen (secondary N) is 1. The Balaban J connectivity index is 1.65. The van der Waals surface area contributed by atoms with Crippen LogP contribution in [0.1, 0.15) is 17.8 Å². The van der Waals surface area contributed by atoms with Crippen LogP contribution in [0.5, 0.6) is 11.5 Å². The molecular formula is C19H21N3O2. The molecule has 3 rings (SSSR count). The zero-order valence-electron chi connectivity index (χ0n) is 14.0. The molecule has 5 nitrogen and oxygen atoms in total. The van der Waals surface area contributed by atoms with Gasteiger partial charge in [-0.05, 0) is 36.6 Å². The average molecular weight is 323 g/mol. The minimum atomic E-state index is 0.672. The average Bonchev–Trinajstić information content (AvgIpc) is 3.11. The maximum absolute atomic E-state index is 5.33. The molecule has 0 atom stereocenters. The predicted molar refractivity (Wildman–Crippen MR) is 93.4 cm³/mol. The van der Waals surface area contributed by atoms with Crippen molar-refractivity contribution in [3.8, 4) is 22.9 Å². The van der Waals surface area contributed by atoms with Crippen LogP contribution in [0.3, 0.4) is 0 Å². The molecule has 1 heterocycles. The zero-order valence-corrected chi connectivity index (χ0v) is 14.0. The van der Waals surface area contributed by atoms with Crippen LogP contribution in [-0.2, 0) is 12.8 Å². The fraction of sp³-hybridized carbons (Fsp3) is 0.263. The van der Waals surface area contributed by atoms with Crippen molar-refractivity contribution in [2.45, 2.75) is 19.3 Å². The summed E-state index contributed by atoms with van der Waals surface area (Å²) >= 11 is 0. The molecule has 0 amide bonds. The molecular weight excluding hydrogens is 302 g/mol. The van der Waals surface area contributed by atoms with Crippen LogP contribution in [0.25, 0.3) is 11.4 Å². The van der Waals surface area contributed by atoms with Gasteiger partial charge in [0.2, 0.25) is 0 Å². The smallest absolute Gasteiger partial charge is 0.181 e. The third kappa shape index (κ3) is 3.74. The van der Waals surface area contributed by atoms with Gasteiger partial charge in [0.1, 0.15) is 5.82 Å². The van der Waals surface area contributed by atoms with Gasteiger partial charge in [-0.2, -0.15) is 5.10 Å². The molecule has 0 saturated heterocycles. The normalized spacial score (nSPS) is 10.6. The van der Waals surface area contributed by atoms with E-state index in [4.69, 9.17) is 9.47 Å². The number of methoxy groups -OCH3 is 2. The van der Waals surface area contributed by atoms with Crippen molar-refractivity contribution < 1.29 is 9.47 Å². The molecule has 0 spiro atoms. The summed E-state index contributed by atoms with van der Waals surface area (Å²) in [6, 6.07) is 16.1. The summed E-state index contributed by atoms with van der Waals surface area (Å²) in [5.41, 5.74) is 2.25. The number of benzene rings is 2. The van der Waals surface area contributed by atoms with Crippen molar-refractivity contribution in [3.63, 3.8) is 0 Å². The van der Waals surface area contributed by atoms with Gasteiger partial charge in [-0.25, -0.2) is 4.98 Å². The number of hydrogen-bond donors (Lipinski definition) is 1. The van der Waals surface area contributed by atoms with Crippen molar-refractivity contribution in [1.82, 2.24) is 15.2 Å². The van der Waals surface area contributed by atoms with Gasteiger partial charge in [0.15, 0.2) is 17.3 Å². The highest BCUT2D eigenvalue weighted by atomic mass is 16.5. The fourth-order valence-electron chi connectivity index (χ4n) is 2.62. The molecule has 1 N–H and O–H groups in total. The Labute approximate surface area is 141 Å². The van der Waals surface area contributed by atoms with Crippen molar-refractivity contribution in [3.05, 3.63) is 59.9 Å². The van der Waals surface area contributed by atoms with Gasteiger partial charge in [-0.1, -0.05) is 30.3 Å². The summed E-state index contributed by atoms with van der Waals surface area (Å²) in [6.45, 7) is 0. The summed E-state index contributed by atoms with van der Waals surface area (Å²) < 4.78 is 10.6. The van der Waals surface area contributed by atoms with E-state index in [1.165, 1.54) is 5.56 Å². The minimum absolute atomic E-state index is 0.672. The molecule has 24 heavy (non-hydrogen) atoms. The first-order valence-corrected chi connectivity index (χ1v) is 7.97. The van der Waals surface area contributed by atoms with Crippen LogP contribution in [0.2, 0.25) is 0 Å². The highest BCUT2D eigenvalue weighted by Gasteiger charge is 2.10. The first-order chi connectivity index (χ1) is 11.8. The fourth-order valence-corrected chi connectivity index (χ4v) is 2.62. The largest absolute Gasteiger partial charge is 0.493 e. The van der Waals surface area contributed by atoms with Crippen molar-refractivity contribution in [1.29, 1.82) is 0 Å². The summed E-state index contributed by atoms with van der Waals surface area (Å²) in [5, 5.41) is 7.33. The Morgan fingerprint density at radius 3 is 2.46 bits per heavy atom. The lowest BCUT2D eigenvalue weighted by atomic mass is 10.1. The highest BCUT2D eigenvalue weighted by molar-refractivity contribution is 5.60. The molecule has 0 aliphatic rings. The van der Waals surface area contributed by atoms with Crippen LogP contribution in [0.4, 0.5) is 0 Å². The summed E-state index contributed by atoms with van der Waals surface area (Å²) in [5.74, 6) is 2.94. The molecule has 5 heteroatoms. The molecule has 0 saturated carbocycles. The SMILES string of the molecule is COc1ccc(-c2n[nH]c(CCCc3ccccc3)n2)cc1OC. The highest BCUT2D eigenvalue weighted by Crippen LogP contribution is 2.30. The standard InChI is InChI=1S/C19H21N3O2/c1-23-16-12-11-15(13-17(16)24-2)19-20-18(21-22-19)10-6-9-14-7-4-3-5-8-14/h3-5,7-8,11-13H,6,9-10H2,1-2H3,(H,20,21,22). The van der Waals surface area contributed by atoms with E-state index in [0.29, 0.717) is 17.3 Å². The lowest BCUT2D eigenvalue weighted by molar-refractivity contribution is 0.355. The van der Waals surface area contributed by atoms with Crippen molar-refractivity contribution >= 4 is 0 Å². The maximum atomic E-state index is 5.33. The molecule has 124 valence electrons. The number of nitrogens with zero attached hydrogens (tertiary/aromatic N) is 2. The number of rotatable bonds is 7. The minimum Gasteiger partial charge on any atom is -0.493 e. The monoisotopic (exact) mass is 323 g/mol. The molecule has 0 unspecified atom stereocenters. The van der Waals surface area contributed by atoms with Crippen LogP contribution in [-0.4, -0.2) is 29.4 Å². The van der Waals surface area contributed by atoms with E-state index in [1.54, 1.807) is 14.2 Å². The Kier molecular flexibility index (Phi) is 5.11. The second-order valence-corrected chi connectivity index (χ2v) is 5.51. The van der Waals surface area contributed by atoms with E-state index < -0.39 is 0 Å². The molecule has 0 radical (unpaired) electrons. The van der Waals surface area contributed by atoms with E-state index >= 15 is 0 Å². The Morgan fingerprint density at radius 1 is 0.917 bits per heavy atom. The van der Waals surface area contributed by atoms with Gasteiger partial charge in [-0.15, -0.1) is 0 Å². The third-order valence-corrected chi connectivity index (χ3v) is 3.90. The molecule has 3 aromatic rings. The summed E-state index contributed by atoms with van der Waals surface area (Å²) in [7, 11) is 3.24. The quantitative estimate of drug-likeness (QED) is 0.721. The first-order valence-electron chi connectivity index (χ1n) is 7.97. The molecule has 0 aliphatic carbocycles. The zero-order chi connectivity index (χ0) is 16.8. The Morgan fingerprint density at radius 2 is 1.71 bits per heavy atom. The lowest BCUT2D eigenvalue weighted by Gasteiger charge is -2.07. The summed E-state index contributed by atoms with van der Waals surface area (Å²) in [4.78, 5) is 4.58. The van der Waals surface area contributed by atoms with Gasteiger partial charge in [0.25, 0.3) is 0 Å². The van der Waals surface area contributed by atoms with E-state index in [9.17, 15) is 0 Å². The van der Waals surface area contributed by atoms with Crippen LogP contribution >= 0.6 is 0 Å². The summed E-state index contributed by atoms with van der Waals surface area (Å²) in [6.07, 6.45) is 2.94. The molecule has 2 aromatic carbocycles. The van der Waals surface area contributed by atoms with Crippen LogP contribution in [0.15, 0.2) is 48.5 Å². The van der Waals surface area contributed by atoms with E-state index in [1.807, 2.05) is 24.3 Å². The van der Waals surface area contributed by atoms with Crippen molar-refractivity contribution in [2.75, 3.05) is 14.2 Å². The topological polar surface area (TPSA) is 60.0 Å². The number of aromatic nitrogens is 3. The van der Waals surface area contributed by atoms with Crippen molar-refractivity contribution in [2.24, 2.45) is 0 Å². The van der Waals surface area contributed by atoms with E-state index in [2.05, 4.69) is 39.4 Å². The number of H-pyrrole nitrogens is 1. The van der Waals surface area contributed by atoms with Crippen LogP contribution in [0, 0.1) is 0 Å². The third-order valence-electron chi connectivity index (χ3n) is 3.90. The Hall–Kier alpha value is -2.82. The van der Waals surface area contributed by atoms with Gasteiger partial charge in [-0.3, -0.25) is 5.10 Å². The number of hydrogen-bond acceptors (Lipinski definition) is 4. The molecule has 0 aliphatic heterocycles. The van der Waals surface area contributed by atoms with Crippen LogP contribution < -0.4 is 9.47 Å². The molecule has 0 bridgehead atoms. The van der Waals surface area contributed by atoms with Gasteiger partial charge < -0.3 is 9.47 Å². The first kappa shape index (κ1) is 16.1. The second kappa shape index (κ2) is 7.64. The molecule has 0 fully saturated rings. The van der Waals surface area contributed by atoms with Gasteiger partial charge in [0, 0.05) is 12.0 Å². The van der Waals surface area contributed by atoms with E-state index in [-0.39, 0.29) is 0 Å². The lowest BCUT2D eigenvalue weighted by Crippen LogP contribution is -1.92. The number of ether oxygens (including phenoxy) is 2. The van der Waals surface area contributed by atoms with Gasteiger partial charge >= 0.3 is 0 Å². The number of aromatic amines is 1. The second-order valence-electron chi connectivity index (χ2n) is 5.51. The molecule has 1 aromatic heterocycles. The Bertz CT molecular complexity index is 784. The van der Waals surface area contributed by atoms with Gasteiger partial charge in [0.05, 0.1) is 14.2 Å². The maximum Gasteiger partial charge on any atom is 0.181 e. The van der Waals surface area contributed by atoms with E-state index in [0.717, 1.165) is 30.7 Å². The number of aryl methyl sites for hydroxylation is 2. The predicted octanol–water partition coefficient (Wildman–Crippen LogP) is 3.66.